The molecule has 0 aliphatic heterocycles. The average Bonchev–Trinajstić information content (AvgIpc) is 2.18. The van der Waals surface area contributed by atoms with E-state index in [1.165, 1.54) is 18.9 Å². The molecule has 0 saturated heterocycles. The van der Waals surface area contributed by atoms with Crippen LogP contribution >= 0.6 is 11.6 Å². The average molecular weight is 281 g/mol. The molecule has 0 spiro atoms. The largest absolute Gasteiger partial charge is 0.405 e. The van der Waals surface area contributed by atoms with Gasteiger partial charge in [0.05, 0.1) is 0 Å². The maximum atomic E-state index is 12.8. The summed E-state index contributed by atoms with van der Waals surface area (Å²) in [6.45, 7) is 1.53. The minimum atomic E-state index is -4.34. The van der Waals surface area contributed by atoms with Crippen molar-refractivity contribution in [2.45, 2.75) is 31.7 Å². The molecule has 2 nitrogen and oxygen atoms in total. The maximum Gasteiger partial charge on any atom is 0.405 e. The van der Waals surface area contributed by atoms with Gasteiger partial charge in [0.25, 0.3) is 0 Å². The fourth-order valence-electron chi connectivity index (χ4n) is 1.93. The quantitative estimate of drug-likeness (QED) is 0.918. The van der Waals surface area contributed by atoms with E-state index in [-0.39, 0.29) is 6.54 Å². The molecule has 1 aromatic carbocycles. The van der Waals surface area contributed by atoms with Gasteiger partial charge in [-0.3, -0.25) is 4.90 Å². The molecular weight excluding hydrogens is 265 g/mol. The van der Waals surface area contributed by atoms with E-state index in [2.05, 4.69) is 0 Å². The molecule has 0 heterocycles. The van der Waals surface area contributed by atoms with E-state index in [9.17, 15) is 13.2 Å². The molecule has 0 bridgehead atoms. The molecule has 18 heavy (non-hydrogen) atoms. The van der Waals surface area contributed by atoms with Crippen molar-refractivity contribution in [3.05, 3.63) is 34.9 Å². The molecular formula is C12H16ClF3N2. The van der Waals surface area contributed by atoms with Gasteiger partial charge in [-0.05, 0) is 31.7 Å². The minimum absolute atomic E-state index is 0.170. The topological polar surface area (TPSA) is 29.3 Å². The fourth-order valence-corrected chi connectivity index (χ4v) is 2.05. The zero-order valence-electron chi connectivity index (χ0n) is 10.2. The molecule has 0 radical (unpaired) electrons. The number of rotatable bonds is 4. The summed E-state index contributed by atoms with van der Waals surface area (Å²) in [4.78, 5) is 1.20. The van der Waals surface area contributed by atoms with E-state index in [1.807, 2.05) is 0 Å². The lowest BCUT2D eigenvalue weighted by molar-refractivity contribution is -0.186. The van der Waals surface area contributed by atoms with Crippen LogP contribution in [0.1, 0.15) is 12.5 Å². The van der Waals surface area contributed by atoms with Gasteiger partial charge >= 0.3 is 6.18 Å². The summed E-state index contributed by atoms with van der Waals surface area (Å²) in [6, 6.07) is 4.06. The Morgan fingerprint density at radius 1 is 1.28 bits per heavy atom. The summed E-state index contributed by atoms with van der Waals surface area (Å²) in [5.74, 6) is 0. The fraction of sp³-hybridized carbons (Fsp3) is 0.500. The summed E-state index contributed by atoms with van der Waals surface area (Å²) in [5, 5.41) is 0.556. The Kier molecular flexibility index (Phi) is 5.01. The van der Waals surface area contributed by atoms with Crippen LogP contribution in [0.4, 0.5) is 13.2 Å². The number of likely N-dealkylation sites (N-methyl/N-ethyl adjacent to an activating group) is 1. The number of hydrogen-bond donors (Lipinski definition) is 1. The monoisotopic (exact) mass is 280 g/mol. The number of benzene rings is 1. The van der Waals surface area contributed by atoms with Crippen LogP contribution in [0.25, 0.3) is 0 Å². The van der Waals surface area contributed by atoms with Gasteiger partial charge in [-0.2, -0.15) is 13.2 Å². The van der Waals surface area contributed by atoms with E-state index in [1.54, 1.807) is 24.3 Å². The first-order valence-electron chi connectivity index (χ1n) is 5.49. The van der Waals surface area contributed by atoms with Crippen LogP contribution < -0.4 is 5.73 Å². The van der Waals surface area contributed by atoms with Crippen molar-refractivity contribution >= 4 is 11.6 Å². The Morgan fingerprint density at radius 2 is 1.78 bits per heavy atom. The maximum absolute atomic E-state index is 12.8. The number of hydrogen-bond acceptors (Lipinski definition) is 2. The Hall–Kier alpha value is -0.780. The molecule has 0 fully saturated rings. The molecule has 0 amide bonds. The summed E-state index contributed by atoms with van der Waals surface area (Å²) in [6.07, 6.45) is -4.34. The highest BCUT2D eigenvalue weighted by molar-refractivity contribution is 6.30. The SMILES string of the molecule is CC(N)C(N(C)Cc1ccc(Cl)cc1)C(F)(F)F. The van der Waals surface area contributed by atoms with Crippen LogP contribution in [0.3, 0.4) is 0 Å². The lowest BCUT2D eigenvalue weighted by Gasteiger charge is -2.32. The van der Waals surface area contributed by atoms with E-state index in [0.717, 1.165) is 5.56 Å². The zero-order chi connectivity index (χ0) is 13.9. The van der Waals surface area contributed by atoms with Crippen molar-refractivity contribution in [3.8, 4) is 0 Å². The molecule has 0 aromatic heterocycles. The Balaban J connectivity index is 2.79. The number of nitrogens with two attached hydrogens (primary N) is 1. The molecule has 2 N–H and O–H groups in total. The van der Waals surface area contributed by atoms with Gasteiger partial charge in [-0.25, -0.2) is 0 Å². The van der Waals surface area contributed by atoms with Crippen LogP contribution in [0.15, 0.2) is 24.3 Å². The number of alkyl halides is 3. The summed E-state index contributed by atoms with van der Waals surface area (Å²) >= 11 is 5.72. The Bertz CT molecular complexity index is 376. The highest BCUT2D eigenvalue weighted by atomic mass is 35.5. The van der Waals surface area contributed by atoms with Crippen molar-refractivity contribution in [3.63, 3.8) is 0 Å². The van der Waals surface area contributed by atoms with Crippen molar-refractivity contribution in [2.75, 3.05) is 7.05 Å². The molecule has 1 rings (SSSR count). The second kappa shape index (κ2) is 5.91. The van der Waals surface area contributed by atoms with Crippen LogP contribution in [-0.2, 0) is 6.54 Å². The summed E-state index contributed by atoms with van der Waals surface area (Å²) in [7, 11) is 1.41. The van der Waals surface area contributed by atoms with Crippen LogP contribution in [0.5, 0.6) is 0 Å². The lowest BCUT2D eigenvalue weighted by Crippen LogP contribution is -2.53. The first-order valence-corrected chi connectivity index (χ1v) is 5.86. The normalized spacial score (nSPS) is 15.8. The van der Waals surface area contributed by atoms with Gasteiger partial charge in [0.2, 0.25) is 0 Å². The number of halogens is 4. The van der Waals surface area contributed by atoms with Gasteiger partial charge in [-0.15, -0.1) is 0 Å². The van der Waals surface area contributed by atoms with Crippen molar-refractivity contribution in [2.24, 2.45) is 5.73 Å². The Labute approximate surface area is 110 Å². The molecule has 2 unspecified atom stereocenters. The molecule has 6 heteroatoms. The van der Waals surface area contributed by atoms with Gasteiger partial charge in [0.15, 0.2) is 0 Å². The third-order valence-corrected chi connectivity index (χ3v) is 2.91. The first kappa shape index (κ1) is 15.3. The van der Waals surface area contributed by atoms with E-state index in [0.29, 0.717) is 5.02 Å². The van der Waals surface area contributed by atoms with E-state index in [4.69, 9.17) is 17.3 Å². The number of nitrogens with zero attached hydrogens (tertiary/aromatic N) is 1. The zero-order valence-corrected chi connectivity index (χ0v) is 11.0. The third-order valence-electron chi connectivity index (χ3n) is 2.65. The minimum Gasteiger partial charge on any atom is -0.326 e. The highest BCUT2D eigenvalue weighted by Gasteiger charge is 2.44. The summed E-state index contributed by atoms with van der Waals surface area (Å²) < 4.78 is 38.5. The molecule has 1 aromatic rings. The van der Waals surface area contributed by atoms with Gasteiger partial charge < -0.3 is 5.73 Å². The molecule has 0 saturated carbocycles. The van der Waals surface area contributed by atoms with Gasteiger partial charge in [0, 0.05) is 17.6 Å². The van der Waals surface area contributed by atoms with Gasteiger partial charge in [0.1, 0.15) is 6.04 Å². The second-order valence-electron chi connectivity index (χ2n) is 4.39. The third kappa shape index (κ3) is 4.15. The predicted octanol–water partition coefficient (Wildman–Crippen LogP) is 3.05. The smallest absolute Gasteiger partial charge is 0.326 e. The molecule has 0 aliphatic carbocycles. The summed E-state index contributed by atoms with van der Waals surface area (Å²) in [5.41, 5.74) is 6.18. The van der Waals surface area contributed by atoms with Crippen molar-refractivity contribution in [1.82, 2.24) is 4.90 Å². The molecule has 102 valence electrons. The standard InChI is InChI=1S/C12H16ClF3N2/c1-8(17)11(12(14,15)16)18(2)7-9-3-5-10(13)6-4-9/h3-6,8,11H,7,17H2,1-2H3. The lowest BCUT2D eigenvalue weighted by atomic mass is 10.1. The Morgan fingerprint density at radius 3 is 2.17 bits per heavy atom. The first-order chi connectivity index (χ1) is 8.21. The van der Waals surface area contributed by atoms with Crippen LogP contribution in [0, 0.1) is 0 Å². The van der Waals surface area contributed by atoms with Crippen LogP contribution in [0.2, 0.25) is 5.02 Å². The van der Waals surface area contributed by atoms with E-state index < -0.39 is 18.3 Å². The van der Waals surface area contributed by atoms with E-state index >= 15 is 0 Å². The highest BCUT2D eigenvalue weighted by Crippen LogP contribution is 2.27. The molecule has 0 aliphatic rings. The van der Waals surface area contributed by atoms with Crippen molar-refractivity contribution < 1.29 is 13.2 Å². The van der Waals surface area contributed by atoms with Crippen molar-refractivity contribution in [1.29, 1.82) is 0 Å². The molecule has 2 atom stereocenters. The predicted molar refractivity (Wildman–Crippen MR) is 66.4 cm³/mol. The second-order valence-corrected chi connectivity index (χ2v) is 4.82. The van der Waals surface area contributed by atoms with Gasteiger partial charge in [-0.1, -0.05) is 23.7 Å². The van der Waals surface area contributed by atoms with Crippen LogP contribution in [-0.4, -0.2) is 30.2 Å².